The summed E-state index contributed by atoms with van der Waals surface area (Å²) in [7, 11) is -3.31. The van der Waals surface area contributed by atoms with Crippen molar-refractivity contribution in [2.75, 3.05) is 36.7 Å². The Labute approximate surface area is 178 Å². The normalized spacial score (nSPS) is 18.6. The number of fused-ring (bicyclic) bond motifs is 1. The lowest BCUT2D eigenvalue weighted by Crippen LogP contribution is -2.40. The van der Waals surface area contributed by atoms with E-state index in [1.807, 2.05) is 18.2 Å². The summed E-state index contributed by atoms with van der Waals surface area (Å²) in [5.41, 5.74) is 2.14. The Kier molecular flexibility index (Phi) is 6.15. The molecule has 1 saturated heterocycles. The maximum atomic E-state index is 12.9. The SMILES string of the molecule is CS(=O)(=O)N1CCCc2cc(C(=O)NC[C@H](c3ccco3)N3CCCCC3)ccc21. The number of hydrogen-bond donors (Lipinski definition) is 1. The first-order valence-corrected chi connectivity index (χ1v) is 12.4. The molecular formula is C22H29N3O4S. The van der Waals surface area contributed by atoms with E-state index in [0.717, 1.165) is 50.1 Å². The molecule has 1 amide bonds. The van der Waals surface area contributed by atoms with Crippen LogP contribution in [-0.4, -0.2) is 51.7 Å². The van der Waals surface area contributed by atoms with Gasteiger partial charge in [-0.3, -0.25) is 14.0 Å². The molecule has 1 fully saturated rings. The number of likely N-dealkylation sites (tertiary alicyclic amines) is 1. The van der Waals surface area contributed by atoms with Crippen molar-refractivity contribution in [3.05, 3.63) is 53.5 Å². The van der Waals surface area contributed by atoms with Gasteiger partial charge in [0.1, 0.15) is 5.76 Å². The van der Waals surface area contributed by atoms with Crippen LogP contribution in [0.2, 0.25) is 0 Å². The van der Waals surface area contributed by atoms with Crippen molar-refractivity contribution in [3.8, 4) is 0 Å². The summed E-state index contributed by atoms with van der Waals surface area (Å²) in [6.07, 6.45) is 7.97. The maximum absolute atomic E-state index is 12.9. The van der Waals surface area contributed by atoms with Crippen molar-refractivity contribution >= 4 is 21.6 Å². The van der Waals surface area contributed by atoms with Crippen LogP contribution in [0.15, 0.2) is 41.0 Å². The molecule has 3 heterocycles. The Hall–Kier alpha value is -2.32. The van der Waals surface area contributed by atoms with Gasteiger partial charge in [-0.1, -0.05) is 6.42 Å². The largest absolute Gasteiger partial charge is 0.468 e. The number of hydrogen-bond acceptors (Lipinski definition) is 5. The highest BCUT2D eigenvalue weighted by molar-refractivity contribution is 7.92. The molecule has 2 aliphatic heterocycles. The number of nitrogens with zero attached hydrogens (tertiary/aromatic N) is 2. The predicted molar refractivity (Wildman–Crippen MR) is 116 cm³/mol. The molecule has 162 valence electrons. The van der Waals surface area contributed by atoms with E-state index in [0.29, 0.717) is 24.3 Å². The molecule has 1 aromatic heterocycles. The molecule has 0 spiro atoms. The van der Waals surface area contributed by atoms with E-state index in [9.17, 15) is 13.2 Å². The third-order valence-corrected chi connectivity index (χ3v) is 7.16. The fourth-order valence-electron chi connectivity index (χ4n) is 4.46. The molecule has 0 bridgehead atoms. The molecule has 30 heavy (non-hydrogen) atoms. The van der Waals surface area contributed by atoms with Gasteiger partial charge in [-0.25, -0.2) is 8.42 Å². The predicted octanol–water partition coefficient (Wildman–Crippen LogP) is 2.95. The first-order valence-electron chi connectivity index (χ1n) is 10.6. The number of furan rings is 1. The van der Waals surface area contributed by atoms with Crippen LogP contribution in [0.1, 0.15) is 53.4 Å². The zero-order valence-corrected chi connectivity index (χ0v) is 18.2. The molecule has 1 aromatic carbocycles. The smallest absolute Gasteiger partial charge is 0.251 e. The highest BCUT2D eigenvalue weighted by Crippen LogP contribution is 2.30. The van der Waals surface area contributed by atoms with E-state index in [1.165, 1.54) is 17.0 Å². The van der Waals surface area contributed by atoms with Crippen LogP contribution in [0, 0.1) is 0 Å². The number of piperidine rings is 1. The van der Waals surface area contributed by atoms with Crippen LogP contribution in [0.5, 0.6) is 0 Å². The quantitative estimate of drug-likeness (QED) is 0.760. The van der Waals surface area contributed by atoms with E-state index in [4.69, 9.17) is 4.42 Å². The Morgan fingerprint density at radius 1 is 1.13 bits per heavy atom. The minimum absolute atomic E-state index is 0.0163. The molecular weight excluding hydrogens is 402 g/mol. The molecule has 0 unspecified atom stereocenters. The molecule has 0 saturated carbocycles. The van der Waals surface area contributed by atoms with Crippen LogP contribution < -0.4 is 9.62 Å². The Bertz CT molecular complexity index is 982. The Morgan fingerprint density at radius 3 is 2.63 bits per heavy atom. The number of amides is 1. The van der Waals surface area contributed by atoms with Gasteiger partial charge < -0.3 is 9.73 Å². The van der Waals surface area contributed by atoms with E-state index in [-0.39, 0.29) is 11.9 Å². The van der Waals surface area contributed by atoms with Gasteiger partial charge in [0.25, 0.3) is 5.91 Å². The van der Waals surface area contributed by atoms with Crippen LogP contribution in [0.4, 0.5) is 5.69 Å². The van der Waals surface area contributed by atoms with E-state index in [2.05, 4.69) is 10.2 Å². The number of carbonyl (C=O) groups excluding carboxylic acids is 1. The summed E-state index contributed by atoms with van der Waals surface area (Å²) >= 11 is 0. The van der Waals surface area contributed by atoms with E-state index in [1.54, 1.807) is 18.4 Å². The zero-order valence-electron chi connectivity index (χ0n) is 17.3. The number of rotatable bonds is 6. The van der Waals surface area contributed by atoms with Crippen molar-refractivity contribution in [1.29, 1.82) is 0 Å². The molecule has 8 heteroatoms. The number of benzene rings is 1. The highest BCUT2D eigenvalue weighted by atomic mass is 32.2. The number of nitrogens with one attached hydrogen (secondary N) is 1. The average molecular weight is 432 g/mol. The first kappa shape index (κ1) is 20.9. The fraction of sp³-hybridized carbons (Fsp3) is 0.500. The zero-order chi connectivity index (χ0) is 21.1. The van der Waals surface area contributed by atoms with Gasteiger partial charge in [0, 0.05) is 18.7 Å². The van der Waals surface area contributed by atoms with Gasteiger partial charge in [0.15, 0.2) is 0 Å². The molecule has 0 aliphatic carbocycles. The molecule has 7 nitrogen and oxygen atoms in total. The second-order valence-electron chi connectivity index (χ2n) is 8.12. The highest BCUT2D eigenvalue weighted by Gasteiger charge is 2.27. The van der Waals surface area contributed by atoms with Crippen LogP contribution >= 0.6 is 0 Å². The van der Waals surface area contributed by atoms with Gasteiger partial charge >= 0.3 is 0 Å². The number of carbonyl (C=O) groups is 1. The minimum atomic E-state index is -3.31. The Morgan fingerprint density at radius 2 is 1.93 bits per heavy atom. The third kappa shape index (κ3) is 4.54. The topological polar surface area (TPSA) is 82.9 Å². The molecule has 4 rings (SSSR count). The molecule has 1 atom stereocenters. The van der Waals surface area contributed by atoms with Crippen LogP contribution in [0.3, 0.4) is 0 Å². The molecule has 2 aromatic rings. The summed E-state index contributed by atoms with van der Waals surface area (Å²) in [5.74, 6) is 0.717. The molecule has 0 radical (unpaired) electrons. The summed E-state index contributed by atoms with van der Waals surface area (Å²) in [5, 5.41) is 3.06. The van der Waals surface area contributed by atoms with Gasteiger partial charge in [0.2, 0.25) is 10.0 Å². The average Bonchev–Trinajstić information content (AvgIpc) is 3.27. The van der Waals surface area contributed by atoms with Crippen molar-refractivity contribution in [2.24, 2.45) is 0 Å². The minimum Gasteiger partial charge on any atom is -0.468 e. The van der Waals surface area contributed by atoms with Crippen LogP contribution in [-0.2, 0) is 16.4 Å². The summed E-state index contributed by atoms with van der Waals surface area (Å²) < 4.78 is 31.2. The van der Waals surface area contributed by atoms with Gasteiger partial charge in [-0.05, 0) is 74.7 Å². The number of anilines is 1. The maximum Gasteiger partial charge on any atom is 0.251 e. The lowest BCUT2D eigenvalue weighted by molar-refractivity contribution is 0.0914. The second kappa shape index (κ2) is 8.81. The monoisotopic (exact) mass is 431 g/mol. The van der Waals surface area contributed by atoms with E-state index >= 15 is 0 Å². The van der Waals surface area contributed by atoms with Crippen molar-refractivity contribution in [3.63, 3.8) is 0 Å². The summed E-state index contributed by atoms with van der Waals surface area (Å²) in [4.78, 5) is 15.2. The summed E-state index contributed by atoms with van der Waals surface area (Å²) in [6, 6.07) is 9.14. The van der Waals surface area contributed by atoms with Crippen molar-refractivity contribution in [1.82, 2.24) is 10.2 Å². The number of aryl methyl sites for hydroxylation is 1. The lowest BCUT2D eigenvalue weighted by Gasteiger charge is -2.33. The Balaban J connectivity index is 1.48. The third-order valence-electron chi connectivity index (χ3n) is 5.98. The standard InChI is InChI=1S/C22H29N3O4S/c1-30(27,28)25-13-5-7-17-15-18(9-10-19(17)25)22(26)23-16-20(21-8-6-14-29-21)24-11-3-2-4-12-24/h6,8-10,14-15,20H,2-5,7,11-13,16H2,1H3,(H,23,26)/t20-/m1/s1. The second-order valence-corrected chi connectivity index (χ2v) is 10.0. The fourth-order valence-corrected chi connectivity index (χ4v) is 5.46. The van der Waals surface area contributed by atoms with Gasteiger partial charge in [-0.2, -0.15) is 0 Å². The molecule has 1 N–H and O–H groups in total. The van der Waals surface area contributed by atoms with Crippen LogP contribution in [0.25, 0.3) is 0 Å². The first-order chi connectivity index (χ1) is 14.4. The van der Waals surface area contributed by atoms with Crippen molar-refractivity contribution < 1.29 is 17.6 Å². The molecule has 2 aliphatic rings. The van der Waals surface area contributed by atoms with Crippen molar-refractivity contribution in [2.45, 2.75) is 38.1 Å². The van der Waals surface area contributed by atoms with E-state index < -0.39 is 10.0 Å². The summed E-state index contributed by atoms with van der Waals surface area (Å²) in [6.45, 7) is 2.96. The van der Waals surface area contributed by atoms with Gasteiger partial charge in [0.05, 0.1) is 24.2 Å². The number of sulfonamides is 1. The lowest BCUT2D eigenvalue weighted by atomic mass is 10.0. The van der Waals surface area contributed by atoms with Gasteiger partial charge in [-0.15, -0.1) is 0 Å².